The molecule has 0 spiro atoms. The summed E-state index contributed by atoms with van der Waals surface area (Å²) < 4.78 is 38.3. The zero-order valence-corrected chi connectivity index (χ0v) is 18.6. The van der Waals surface area contributed by atoms with Crippen molar-refractivity contribution in [3.05, 3.63) is 82.0 Å². The van der Waals surface area contributed by atoms with E-state index in [2.05, 4.69) is 20.3 Å². The lowest BCUT2D eigenvalue weighted by atomic mass is 9.89. The minimum absolute atomic E-state index is 0.0630. The van der Waals surface area contributed by atoms with Gasteiger partial charge in [-0.2, -0.15) is 13.2 Å². The van der Waals surface area contributed by atoms with Crippen LogP contribution >= 0.6 is 23.2 Å². The Bertz CT molecular complexity index is 1130. The molecule has 1 aromatic carbocycles. The lowest BCUT2D eigenvalue weighted by Crippen LogP contribution is -2.30. The van der Waals surface area contributed by atoms with Crippen LogP contribution in [0.3, 0.4) is 0 Å². The second-order valence-corrected chi connectivity index (χ2v) is 8.47. The van der Waals surface area contributed by atoms with Crippen molar-refractivity contribution < 1.29 is 18.0 Å². The van der Waals surface area contributed by atoms with Crippen molar-refractivity contribution >= 4 is 34.9 Å². The van der Waals surface area contributed by atoms with E-state index in [0.29, 0.717) is 35.5 Å². The number of hydrogen-bond acceptors (Lipinski definition) is 5. The Morgan fingerprint density at radius 3 is 2.52 bits per heavy atom. The van der Waals surface area contributed by atoms with Gasteiger partial charge in [0.1, 0.15) is 11.5 Å². The molecule has 3 heterocycles. The molecule has 0 bridgehead atoms. The molecule has 3 aromatic rings. The standard InChI is InChI=1S/C22H18Cl2F3N5O/c23-17-3-1-13(7-18(17)24)16-12-32(21(33)19-10-28-5-6-29-19)11-14(16)8-30-20-4-2-15(9-31-20)22(25,26)27/h1-7,9-10,14,16H,8,11-12H2,(H,30,31)/t14-,16+/m0/s1. The Labute approximate surface area is 197 Å². The lowest BCUT2D eigenvalue weighted by Gasteiger charge is -2.20. The zero-order valence-electron chi connectivity index (χ0n) is 17.1. The van der Waals surface area contributed by atoms with Crippen molar-refractivity contribution in [1.82, 2.24) is 19.9 Å². The second-order valence-electron chi connectivity index (χ2n) is 7.65. The summed E-state index contributed by atoms with van der Waals surface area (Å²) in [5.41, 5.74) is 0.331. The Balaban J connectivity index is 1.53. The fraction of sp³-hybridized carbons (Fsp3) is 0.273. The number of carbonyl (C=O) groups excluding carboxylic acids is 1. The van der Waals surface area contributed by atoms with Crippen molar-refractivity contribution in [2.75, 3.05) is 25.0 Å². The number of rotatable bonds is 5. The van der Waals surface area contributed by atoms with E-state index in [-0.39, 0.29) is 23.4 Å². The lowest BCUT2D eigenvalue weighted by molar-refractivity contribution is -0.137. The molecule has 172 valence electrons. The smallest absolute Gasteiger partial charge is 0.370 e. The third-order valence-electron chi connectivity index (χ3n) is 5.52. The van der Waals surface area contributed by atoms with E-state index in [0.717, 1.165) is 17.8 Å². The van der Waals surface area contributed by atoms with Crippen molar-refractivity contribution in [2.45, 2.75) is 12.1 Å². The van der Waals surface area contributed by atoms with Gasteiger partial charge in [0.2, 0.25) is 0 Å². The molecule has 4 rings (SSSR count). The van der Waals surface area contributed by atoms with Crippen LogP contribution in [0, 0.1) is 5.92 Å². The van der Waals surface area contributed by atoms with Crippen molar-refractivity contribution in [1.29, 1.82) is 0 Å². The summed E-state index contributed by atoms with van der Waals surface area (Å²) in [7, 11) is 0. The predicted molar refractivity (Wildman–Crippen MR) is 118 cm³/mol. The van der Waals surface area contributed by atoms with E-state index < -0.39 is 11.7 Å². The van der Waals surface area contributed by atoms with E-state index in [1.54, 1.807) is 17.0 Å². The molecule has 2 aromatic heterocycles. The SMILES string of the molecule is O=C(c1cnccn1)N1C[C@H](CNc2ccc(C(F)(F)F)cn2)[C@@H](c2ccc(Cl)c(Cl)c2)C1. The highest BCUT2D eigenvalue weighted by Crippen LogP contribution is 2.36. The minimum atomic E-state index is -4.45. The molecule has 1 fully saturated rings. The Morgan fingerprint density at radius 2 is 1.88 bits per heavy atom. The summed E-state index contributed by atoms with van der Waals surface area (Å²) in [4.78, 5) is 26.5. The average molecular weight is 496 g/mol. The van der Waals surface area contributed by atoms with Crippen molar-refractivity contribution in [3.63, 3.8) is 0 Å². The van der Waals surface area contributed by atoms with Crippen molar-refractivity contribution in [3.8, 4) is 0 Å². The van der Waals surface area contributed by atoms with Crippen LogP contribution in [-0.4, -0.2) is 45.4 Å². The predicted octanol–water partition coefficient (Wildman–Crippen LogP) is 5.17. The number of aromatic nitrogens is 3. The highest BCUT2D eigenvalue weighted by molar-refractivity contribution is 6.42. The molecule has 0 aliphatic carbocycles. The molecular weight excluding hydrogens is 478 g/mol. The molecule has 1 aliphatic rings. The van der Waals surface area contributed by atoms with E-state index in [1.165, 1.54) is 24.7 Å². The molecule has 6 nitrogen and oxygen atoms in total. The summed E-state index contributed by atoms with van der Waals surface area (Å²) in [6.45, 7) is 1.21. The van der Waals surface area contributed by atoms with Gasteiger partial charge >= 0.3 is 6.18 Å². The van der Waals surface area contributed by atoms with Crippen LogP contribution < -0.4 is 5.32 Å². The normalized spacial score (nSPS) is 18.4. The van der Waals surface area contributed by atoms with E-state index in [9.17, 15) is 18.0 Å². The number of halogens is 5. The molecule has 1 N–H and O–H groups in total. The van der Waals surface area contributed by atoms with Gasteiger partial charge in [0.15, 0.2) is 0 Å². The molecule has 0 radical (unpaired) electrons. The number of amides is 1. The van der Waals surface area contributed by atoms with E-state index in [4.69, 9.17) is 23.2 Å². The van der Waals surface area contributed by atoms with Gasteiger partial charge in [-0.15, -0.1) is 0 Å². The van der Waals surface area contributed by atoms with Gasteiger partial charge < -0.3 is 10.2 Å². The fourth-order valence-corrected chi connectivity index (χ4v) is 4.14. The van der Waals surface area contributed by atoms with Gasteiger partial charge in [0.25, 0.3) is 5.91 Å². The number of carbonyl (C=O) groups is 1. The number of benzene rings is 1. The number of hydrogen-bond donors (Lipinski definition) is 1. The van der Waals surface area contributed by atoms with Crippen molar-refractivity contribution in [2.24, 2.45) is 5.92 Å². The Hall–Kier alpha value is -2.91. The third-order valence-corrected chi connectivity index (χ3v) is 6.26. The summed E-state index contributed by atoms with van der Waals surface area (Å²) in [6.07, 6.45) is 0.695. The molecular formula is C22H18Cl2F3N5O. The largest absolute Gasteiger partial charge is 0.417 e. The monoisotopic (exact) mass is 495 g/mol. The maximum atomic E-state index is 12.9. The van der Waals surface area contributed by atoms with Crippen LogP contribution in [0.2, 0.25) is 10.0 Å². The highest BCUT2D eigenvalue weighted by atomic mass is 35.5. The molecule has 2 atom stereocenters. The molecule has 33 heavy (non-hydrogen) atoms. The number of anilines is 1. The van der Waals surface area contributed by atoms with Gasteiger partial charge in [-0.1, -0.05) is 29.3 Å². The fourth-order valence-electron chi connectivity index (χ4n) is 3.84. The Kier molecular flexibility index (Phi) is 6.71. The van der Waals surface area contributed by atoms with Crippen LogP contribution in [0.4, 0.5) is 19.0 Å². The highest BCUT2D eigenvalue weighted by Gasteiger charge is 2.37. The van der Waals surface area contributed by atoms with Crippen LogP contribution in [0.1, 0.15) is 27.5 Å². The first-order valence-corrected chi connectivity index (χ1v) is 10.8. The summed E-state index contributed by atoms with van der Waals surface area (Å²) in [6, 6.07) is 7.60. The van der Waals surface area contributed by atoms with E-state index >= 15 is 0 Å². The van der Waals surface area contributed by atoms with Gasteiger partial charge in [0.05, 0.1) is 21.8 Å². The van der Waals surface area contributed by atoms with Crippen LogP contribution in [0.5, 0.6) is 0 Å². The summed E-state index contributed by atoms with van der Waals surface area (Å²) in [5.74, 6) is -0.0767. The molecule has 1 aliphatic heterocycles. The first-order valence-electron chi connectivity index (χ1n) is 9.99. The minimum Gasteiger partial charge on any atom is -0.370 e. The number of pyridine rings is 1. The van der Waals surface area contributed by atoms with Gasteiger partial charge in [-0.25, -0.2) is 9.97 Å². The first-order chi connectivity index (χ1) is 15.7. The number of nitrogens with zero attached hydrogens (tertiary/aromatic N) is 4. The van der Waals surface area contributed by atoms with Gasteiger partial charge in [-0.3, -0.25) is 9.78 Å². The van der Waals surface area contributed by atoms with Crippen LogP contribution in [0.15, 0.2) is 55.1 Å². The Morgan fingerprint density at radius 1 is 1.06 bits per heavy atom. The first kappa shape index (κ1) is 23.3. The summed E-state index contributed by atoms with van der Waals surface area (Å²) in [5, 5.41) is 3.92. The maximum Gasteiger partial charge on any atom is 0.417 e. The van der Waals surface area contributed by atoms with Gasteiger partial charge in [-0.05, 0) is 29.8 Å². The molecule has 1 saturated heterocycles. The maximum absolute atomic E-state index is 12.9. The third kappa shape index (κ3) is 5.36. The molecule has 0 saturated carbocycles. The number of nitrogens with one attached hydrogen (secondary N) is 1. The van der Waals surface area contributed by atoms with Gasteiger partial charge in [0, 0.05) is 50.1 Å². The molecule has 1 amide bonds. The zero-order chi connectivity index (χ0) is 23.6. The summed E-state index contributed by atoms with van der Waals surface area (Å²) >= 11 is 12.3. The topological polar surface area (TPSA) is 71.0 Å². The second kappa shape index (κ2) is 9.52. The number of alkyl halides is 3. The van der Waals surface area contributed by atoms with Crippen LogP contribution in [-0.2, 0) is 6.18 Å². The number of likely N-dealkylation sites (tertiary alicyclic amines) is 1. The molecule has 11 heteroatoms. The average Bonchev–Trinajstić information content (AvgIpc) is 3.23. The molecule has 0 unspecified atom stereocenters. The quantitative estimate of drug-likeness (QED) is 0.528. The van der Waals surface area contributed by atoms with E-state index in [1.807, 2.05) is 6.07 Å². The van der Waals surface area contributed by atoms with Crippen LogP contribution in [0.25, 0.3) is 0 Å².